The van der Waals surface area contributed by atoms with E-state index in [2.05, 4.69) is 38.2 Å². The van der Waals surface area contributed by atoms with Crippen molar-refractivity contribution < 1.29 is 17.9 Å². The summed E-state index contributed by atoms with van der Waals surface area (Å²) in [6.07, 6.45) is 1.98. The Hall–Kier alpha value is -2.95. The molecule has 1 amide bonds. The van der Waals surface area contributed by atoms with Gasteiger partial charge in [0.15, 0.2) is 5.11 Å². The molecule has 0 heterocycles. The van der Waals surface area contributed by atoms with Crippen molar-refractivity contribution in [1.82, 2.24) is 5.32 Å². The molecule has 0 aliphatic heterocycles. The van der Waals surface area contributed by atoms with Crippen LogP contribution in [0.25, 0.3) is 0 Å². The molecule has 3 aromatic rings. The number of aryl methyl sites for hydroxylation is 2. The van der Waals surface area contributed by atoms with Crippen LogP contribution in [0.2, 0.25) is 0 Å². The number of thiocarbonyl (C=S) groups is 1. The fourth-order valence-corrected chi connectivity index (χ4v) is 4.91. The van der Waals surface area contributed by atoms with Gasteiger partial charge >= 0.3 is 0 Å². The van der Waals surface area contributed by atoms with E-state index in [0.717, 1.165) is 24.0 Å². The first-order valence-electron chi connectivity index (χ1n) is 11.3. The van der Waals surface area contributed by atoms with Gasteiger partial charge in [0.25, 0.3) is 15.9 Å². The molecule has 36 heavy (non-hydrogen) atoms. The largest absolute Gasteiger partial charge is 0.492 e. The van der Waals surface area contributed by atoms with Crippen molar-refractivity contribution >= 4 is 60.6 Å². The summed E-state index contributed by atoms with van der Waals surface area (Å²) in [4.78, 5) is 12.7. The predicted molar refractivity (Wildman–Crippen MR) is 151 cm³/mol. The smallest absolute Gasteiger partial charge is 0.261 e. The van der Waals surface area contributed by atoms with Crippen molar-refractivity contribution in [2.75, 3.05) is 16.6 Å². The molecule has 0 unspecified atom stereocenters. The van der Waals surface area contributed by atoms with Crippen LogP contribution in [0, 0.1) is 13.8 Å². The molecular weight excluding hydrogens is 562 g/mol. The Morgan fingerprint density at radius 1 is 0.972 bits per heavy atom. The van der Waals surface area contributed by atoms with E-state index in [9.17, 15) is 13.2 Å². The molecule has 0 bridgehead atoms. The van der Waals surface area contributed by atoms with E-state index in [1.165, 1.54) is 12.1 Å². The van der Waals surface area contributed by atoms with E-state index in [0.29, 0.717) is 33.8 Å². The zero-order valence-corrected chi connectivity index (χ0v) is 23.4. The highest BCUT2D eigenvalue weighted by molar-refractivity contribution is 9.10. The van der Waals surface area contributed by atoms with Gasteiger partial charge in [-0.25, -0.2) is 8.42 Å². The zero-order chi connectivity index (χ0) is 26.3. The molecule has 3 rings (SSSR count). The second-order valence-corrected chi connectivity index (χ2v) is 11.1. The molecule has 0 radical (unpaired) electrons. The maximum absolute atomic E-state index is 12.7. The van der Waals surface area contributed by atoms with Gasteiger partial charge < -0.3 is 10.1 Å². The van der Waals surface area contributed by atoms with Gasteiger partial charge in [-0.05, 0) is 114 Å². The molecule has 0 aliphatic rings. The number of hydrogen-bond donors (Lipinski definition) is 3. The van der Waals surface area contributed by atoms with Crippen molar-refractivity contribution in [3.63, 3.8) is 0 Å². The van der Waals surface area contributed by atoms with Gasteiger partial charge in [0.2, 0.25) is 0 Å². The van der Waals surface area contributed by atoms with Crippen LogP contribution in [-0.4, -0.2) is 26.0 Å². The van der Waals surface area contributed by atoms with E-state index < -0.39 is 10.0 Å². The average Bonchev–Trinajstić information content (AvgIpc) is 2.82. The minimum absolute atomic E-state index is 0.0863. The van der Waals surface area contributed by atoms with Crippen LogP contribution in [0.4, 0.5) is 11.4 Å². The Morgan fingerprint density at radius 2 is 1.67 bits per heavy atom. The average molecular weight is 591 g/mol. The van der Waals surface area contributed by atoms with E-state index in [1.54, 1.807) is 42.5 Å². The standard InChI is InChI=1S/C26H28BrN3O4S2/c1-4-5-14-34-24-13-7-19(16-23(24)27)25(31)29-26(35)28-20-9-11-22(12-10-20)36(32,33)30-21-8-6-17(2)18(3)15-21/h6-13,15-16,30H,4-5,14H2,1-3H3,(H2,28,29,31,35). The first-order valence-corrected chi connectivity index (χ1v) is 14.0. The van der Waals surface area contributed by atoms with E-state index in [4.69, 9.17) is 17.0 Å². The number of benzene rings is 3. The monoisotopic (exact) mass is 589 g/mol. The number of halogens is 1. The van der Waals surface area contributed by atoms with E-state index in [-0.39, 0.29) is 15.9 Å². The lowest BCUT2D eigenvalue weighted by molar-refractivity contribution is 0.0977. The summed E-state index contributed by atoms with van der Waals surface area (Å²) in [5, 5.41) is 5.60. The Kier molecular flexibility index (Phi) is 9.47. The Labute approximate surface area is 225 Å². The fraction of sp³-hybridized carbons (Fsp3) is 0.231. The number of sulfonamides is 1. The summed E-state index contributed by atoms with van der Waals surface area (Å²) in [5.41, 5.74) is 3.52. The molecule has 0 spiro atoms. The maximum Gasteiger partial charge on any atom is 0.261 e. The lowest BCUT2D eigenvalue weighted by atomic mass is 10.1. The Morgan fingerprint density at radius 3 is 2.31 bits per heavy atom. The van der Waals surface area contributed by atoms with E-state index in [1.807, 2.05) is 19.9 Å². The summed E-state index contributed by atoms with van der Waals surface area (Å²) in [5.74, 6) is 0.285. The van der Waals surface area contributed by atoms with Crippen molar-refractivity contribution in [1.29, 1.82) is 0 Å². The molecule has 3 aromatic carbocycles. The van der Waals surface area contributed by atoms with Gasteiger partial charge in [-0.2, -0.15) is 0 Å². The van der Waals surface area contributed by atoms with Gasteiger partial charge in [-0.1, -0.05) is 19.4 Å². The number of nitrogens with one attached hydrogen (secondary N) is 3. The highest BCUT2D eigenvalue weighted by atomic mass is 79.9. The third-order valence-corrected chi connectivity index (χ3v) is 7.58. The van der Waals surface area contributed by atoms with Gasteiger partial charge in [0, 0.05) is 16.9 Å². The van der Waals surface area contributed by atoms with Crippen LogP contribution in [0.1, 0.15) is 41.3 Å². The van der Waals surface area contributed by atoms with E-state index >= 15 is 0 Å². The van der Waals surface area contributed by atoms with Gasteiger partial charge in [-0.3, -0.25) is 14.8 Å². The normalized spacial score (nSPS) is 11.0. The van der Waals surface area contributed by atoms with Crippen molar-refractivity contribution in [3.8, 4) is 5.75 Å². The summed E-state index contributed by atoms with van der Waals surface area (Å²) in [6, 6.07) is 16.5. The quantitative estimate of drug-likeness (QED) is 0.204. The molecule has 0 atom stereocenters. The molecule has 0 aromatic heterocycles. The highest BCUT2D eigenvalue weighted by Gasteiger charge is 2.15. The number of anilines is 2. The number of ether oxygens (including phenoxy) is 1. The third kappa shape index (κ3) is 7.52. The van der Waals surface area contributed by atoms with Gasteiger partial charge in [0.05, 0.1) is 16.0 Å². The van der Waals surface area contributed by atoms with Crippen molar-refractivity contribution in [2.24, 2.45) is 0 Å². The predicted octanol–water partition coefficient (Wildman–Crippen LogP) is 6.17. The van der Waals surface area contributed by atoms with Gasteiger partial charge in [0.1, 0.15) is 5.75 Å². The number of carbonyl (C=O) groups is 1. The molecule has 190 valence electrons. The molecule has 3 N–H and O–H groups in total. The molecule has 0 fully saturated rings. The van der Waals surface area contributed by atoms with Crippen LogP contribution in [0.15, 0.2) is 70.0 Å². The lowest BCUT2D eigenvalue weighted by Crippen LogP contribution is -2.34. The minimum atomic E-state index is -3.75. The third-order valence-electron chi connectivity index (χ3n) is 5.36. The van der Waals surface area contributed by atoms with Crippen molar-refractivity contribution in [3.05, 3.63) is 81.8 Å². The second-order valence-electron chi connectivity index (χ2n) is 8.18. The molecular formula is C26H28BrN3O4S2. The Bertz CT molecular complexity index is 1360. The number of unbranched alkanes of at least 4 members (excludes halogenated alkanes) is 1. The highest BCUT2D eigenvalue weighted by Crippen LogP contribution is 2.26. The Balaban J connectivity index is 1.59. The second kappa shape index (κ2) is 12.3. The topological polar surface area (TPSA) is 96.5 Å². The van der Waals surface area contributed by atoms with Gasteiger partial charge in [-0.15, -0.1) is 0 Å². The molecule has 0 saturated heterocycles. The lowest BCUT2D eigenvalue weighted by Gasteiger charge is -2.13. The summed E-state index contributed by atoms with van der Waals surface area (Å²) < 4.78 is 34.4. The van der Waals surface area contributed by atoms with Crippen LogP contribution in [0.3, 0.4) is 0 Å². The molecule has 7 nitrogen and oxygen atoms in total. The summed E-state index contributed by atoms with van der Waals surface area (Å²) in [6.45, 7) is 6.58. The summed E-state index contributed by atoms with van der Waals surface area (Å²) >= 11 is 8.68. The SMILES string of the molecule is CCCCOc1ccc(C(=O)NC(=S)Nc2ccc(S(=O)(=O)Nc3ccc(C)c(C)c3)cc2)cc1Br. The van der Waals surface area contributed by atoms with Crippen LogP contribution in [-0.2, 0) is 10.0 Å². The van der Waals surface area contributed by atoms with Crippen LogP contribution in [0.5, 0.6) is 5.75 Å². The first-order chi connectivity index (χ1) is 17.1. The molecule has 0 saturated carbocycles. The van der Waals surface area contributed by atoms with Crippen LogP contribution >= 0.6 is 28.1 Å². The van der Waals surface area contributed by atoms with Crippen LogP contribution < -0.4 is 20.1 Å². The zero-order valence-electron chi connectivity index (χ0n) is 20.2. The fourth-order valence-electron chi connectivity index (χ4n) is 3.16. The number of rotatable bonds is 9. The summed E-state index contributed by atoms with van der Waals surface area (Å²) in [7, 11) is -3.75. The number of hydrogen-bond acceptors (Lipinski definition) is 5. The molecule has 10 heteroatoms. The maximum atomic E-state index is 12.7. The minimum Gasteiger partial charge on any atom is -0.492 e. The molecule has 0 aliphatic carbocycles. The number of carbonyl (C=O) groups excluding carboxylic acids is 1. The number of amides is 1. The first kappa shape index (κ1) is 27.6. The van der Waals surface area contributed by atoms with Crippen molar-refractivity contribution in [2.45, 2.75) is 38.5 Å².